The molecule has 0 aromatic carbocycles. The third-order valence-electron chi connectivity index (χ3n) is 5.48. The predicted molar refractivity (Wildman–Crippen MR) is 76.1 cm³/mol. The smallest absolute Gasteiger partial charge is 0.0486 e. The van der Waals surface area contributed by atoms with Crippen LogP contribution in [-0.4, -0.2) is 30.2 Å². The van der Waals surface area contributed by atoms with Crippen molar-refractivity contribution in [3.05, 3.63) is 0 Å². The van der Waals surface area contributed by atoms with Gasteiger partial charge in [0.15, 0.2) is 0 Å². The van der Waals surface area contributed by atoms with Crippen LogP contribution in [0, 0.1) is 16.7 Å². The van der Waals surface area contributed by atoms with E-state index in [4.69, 9.17) is 0 Å². The molecule has 0 spiro atoms. The first-order valence-electron chi connectivity index (χ1n) is 6.96. The van der Waals surface area contributed by atoms with E-state index in [1.807, 2.05) is 0 Å². The quantitative estimate of drug-likeness (QED) is 0.814. The minimum atomic E-state index is 0.254. The Morgan fingerprint density at radius 1 is 1.18 bits per heavy atom. The van der Waals surface area contributed by atoms with E-state index in [1.54, 1.807) is 0 Å². The summed E-state index contributed by atoms with van der Waals surface area (Å²) in [5.74, 6) is 0.711. The second-order valence-electron chi connectivity index (χ2n) is 7.87. The van der Waals surface area contributed by atoms with E-state index in [0.717, 1.165) is 19.8 Å². The van der Waals surface area contributed by atoms with E-state index >= 15 is 0 Å². The number of rotatable bonds is 3. The van der Waals surface area contributed by atoms with E-state index in [2.05, 4.69) is 65.6 Å². The Balaban J connectivity index is 2.84. The van der Waals surface area contributed by atoms with Crippen LogP contribution in [0.15, 0.2) is 0 Å². The molecule has 1 heterocycles. The number of hydrogen-bond donors (Lipinski definition) is 1. The van der Waals surface area contributed by atoms with Crippen molar-refractivity contribution in [2.45, 2.75) is 60.9 Å². The van der Waals surface area contributed by atoms with Gasteiger partial charge in [-0.05, 0) is 30.6 Å². The second-order valence-corrected chi connectivity index (χ2v) is 7.87. The summed E-state index contributed by atoms with van der Waals surface area (Å²) in [6.07, 6.45) is 0. The monoisotopic (exact) mass is 240 g/mol. The van der Waals surface area contributed by atoms with Gasteiger partial charge in [-0.25, -0.2) is 0 Å². The van der Waals surface area contributed by atoms with E-state index in [-0.39, 0.29) is 5.54 Å². The number of nitrogens with zero attached hydrogens (tertiary/aromatic N) is 1. The van der Waals surface area contributed by atoms with Crippen molar-refractivity contribution in [1.82, 2.24) is 10.2 Å². The maximum Gasteiger partial charge on any atom is 0.0486 e. The molecule has 0 atom stereocenters. The summed E-state index contributed by atoms with van der Waals surface area (Å²) in [5, 5.41) is 3.57. The first-order valence-corrected chi connectivity index (χ1v) is 6.96. The fourth-order valence-electron chi connectivity index (χ4n) is 2.27. The van der Waals surface area contributed by atoms with E-state index in [1.165, 1.54) is 0 Å². The van der Waals surface area contributed by atoms with Gasteiger partial charge < -0.3 is 5.32 Å². The average molecular weight is 240 g/mol. The Labute approximate surface area is 108 Å². The van der Waals surface area contributed by atoms with E-state index < -0.39 is 0 Å². The van der Waals surface area contributed by atoms with Crippen molar-refractivity contribution in [2.75, 3.05) is 19.8 Å². The van der Waals surface area contributed by atoms with Gasteiger partial charge in [-0.15, -0.1) is 0 Å². The molecule has 1 rings (SSSR count). The third-order valence-corrected chi connectivity index (χ3v) is 5.48. The minimum absolute atomic E-state index is 0.254. The van der Waals surface area contributed by atoms with Gasteiger partial charge in [0.05, 0.1) is 0 Å². The fourth-order valence-corrected chi connectivity index (χ4v) is 2.27. The van der Waals surface area contributed by atoms with Crippen LogP contribution in [0.5, 0.6) is 0 Å². The molecule has 1 aliphatic rings. The first kappa shape index (κ1) is 15.0. The van der Waals surface area contributed by atoms with Crippen molar-refractivity contribution < 1.29 is 0 Å². The largest absolute Gasteiger partial charge is 0.304 e. The zero-order chi connectivity index (χ0) is 13.5. The maximum absolute atomic E-state index is 3.57. The van der Waals surface area contributed by atoms with Gasteiger partial charge in [0.25, 0.3) is 0 Å². The zero-order valence-corrected chi connectivity index (χ0v) is 13.1. The second kappa shape index (κ2) is 4.55. The molecular formula is C15H32N2. The van der Waals surface area contributed by atoms with Crippen molar-refractivity contribution >= 4 is 0 Å². The molecule has 0 amide bonds. The summed E-state index contributed by atoms with van der Waals surface area (Å²) in [5.41, 5.74) is 0.940. The van der Waals surface area contributed by atoms with Crippen LogP contribution in [0.3, 0.4) is 0 Å². The summed E-state index contributed by atoms with van der Waals surface area (Å²) in [7, 11) is 0. The standard InChI is InChI=1S/C15H32N2/c1-12(2)13(3,4)10-17-11-16-9-14(5,6)15(17,7)8/h12,16H,9-11H2,1-8H3. The molecule has 0 unspecified atom stereocenters. The highest BCUT2D eigenvalue weighted by Gasteiger charge is 2.45. The lowest BCUT2D eigenvalue weighted by Crippen LogP contribution is -2.66. The van der Waals surface area contributed by atoms with Gasteiger partial charge >= 0.3 is 0 Å². The molecule has 0 radical (unpaired) electrons. The summed E-state index contributed by atoms with van der Waals surface area (Å²) >= 11 is 0. The lowest BCUT2D eigenvalue weighted by atomic mass is 9.70. The molecule has 0 aromatic rings. The molecule has 1 fully saturated rings. The molecule has 0 saturated carbocycles. The Hall–Kier alpha value is -0.0800. The highest BCUT2D eigenvalue weighted by molar-refractivity contribution is 5.00. The van der Waals surface area contributed by atoms with E-state index in [0.29, 0.717) is 16.7 Å². The van der Waals surface area contributed by atoms with Crippen molar-refractivity contribution in [3.8, 4) is 0 Å². The van der Waals surface area contributed by atoms with Gasteiger partial charge in [0.2, 0.25) is 0 Å². The van der Waals surface area contributed by atoms with Crippen LogP contribution < -0.4 is 5.32 Å². The highest BCUT2D eigenvalue weighted by Crippen LogP contribution is 2.40. The maximum atomic E-state index is 3.57. The topological polar surface area (TPSA) is 15.3 Å². The molecular weight excluding hydrogens is 208 g/mol. The number of hydrogen-bond acceptors (Lipinski definition) is 2. The Morgan fingerprint density at radius 3 is 2.18 bits per heavy atom. The SMILES string of the molecule is CC(C)C(C)(C)CN1CNCC(C)(C)C1(C)C. The molecule has 1 N–H and O–H groups in total. The van der Waals surface area contributed by atoms with Crippen LogP contribution in [0.1, 0.15) is 55.4 Å². The predicted octanol–water partition coefficient (Wildman–Crippen LogP) is 3.34. The third kappa shape index (κ3) is 2.85. The normalized spacial score (nSPS) is 25.2. The fraction of sp³-hybridized carbons (Fsp3) is 1.00. The molecule has 2 nitrogen and oxygen atoms in total. The van der Waals surface area contributed by atoms with Gasteiger partial charge in [0, 0.05) is 25.3 Å². The molecule has 102 valence electrons. The lowest BCUT2D eigenvalue weighted by Gasteiger charge is -2.55. The van der Waals surface area contributed by atoms with Gasteiger partial charge in [-0.2, -0.15) is 0 Å². The lowest BCUT2D eigenvalue weighted by molar-refractivity contribution is -0.0559. The minimum Gasteiger partial charge on any atom is -0.304 e. The molecule has 1 saturated heterocycles. The van der Waals surface area contributed by atoms with Crippen LogP contribution in [0.25, 0.3) is 0 Å². The van der Waals surface area contributed by atoms with Gasteiger partial charge in [-0.1, -0.05) is 41.5 Å². The van der Waals surface area contributed by atoms with Crippen molar-refractivity contribution in [2.24, 2.45) is 16.7 Å². The summed E-state index contributed by atoms with van der Waals surface area (Å²) < 4.78 is 0. The van der Waals surface area contributed by atoms with Crippen molar-refractivity contribution in [3.63, 3.8) is 0 Å². The zero-order valence-electron chi connectivity index (χ0n) is 13.1. The summed E-state index contributed by atoms with van der Waals surface area (Å²) in [6.45, 7) is 22.2. The number of nitrogens with one attached hydrogen (secondary N) is 1. The molecule has 1 aliphatic heterocycles. The molecule has 0 aliphatic carbocycles. The Morgan fingerprint density at radius 2 is 1.71 bits per heavy atom. The Kier molecular flexibility index (Phi) is 4.01. The molecule has 0 aromatic heterocycles. The molecule has 0 bridgehead atoms. The van der Waals surface area contributed by atoms with E-state index in [9.17, 15) is 0 Å². The van der Waals surface area contributed by atoms with Crippen LogP contribution in [-0.2, 0) is 0 Å². The highest BCUT2D eigenvalue weighted by atomic mass is 15.3. The van der Waals surface area contributed by atoms with Crippen molar-refractivity contribution in [1.29, 1.82) is 0 Å². The molecule has 2 heteroatoms. The molecule has 17 heavy (non-hydrogen) atoms. The van der Waals surface area contributed by atoms with Gasteiger partial charge in [-0.3, -0.25) is 4.90 Å². The Bertz CT molecular complexity index is 264. The van der Waals surface area contributed by atoms with Crippen LogP contribution in [0.2, 0.25) is 0 Å². The van der Waals surface area contributed by atoms with Crippen LogP contribution >= 0.6 is 0 Å². The summed E-state index contributed by atoms with van der Waals surface area (Å²) in [6, 6.07) is 0. The van der Waals surface area contributed by atoms with Crippen LogP contribution in [0.4, 0.5) is 0 Å². The first-order chi connectivity index (χ1) is 7.51. The summed E-state index contributed by atoms with van der Waals surface area (Å²) in [4.78, 5) is 2.62. The van der Waals surface area contributed by atoms with Gasteiger partial charge in [0.1, 0.15) is 0 Å². The average Bonchev–Trinajstić information content (AvgIpc) is 2.13.